The van der Waals surface area contributed by atoms with E-state index in [1.165, 1.54) is 0 Å². The average molecular weight is 386 g/mol. The maximum absolute atomic E-state index is 12.5. The van der Waals surface area contributed by atoms with Crippen LogP contribution in [0, 0.1) is 0 Å². The topological polar surface area (TPSA) is 90.1 Å². The Morgan fingerprint density at radius 1 is 1.00 bits per heavy atom. The van der Waals surface area contributed by atoms with Crippen molar-refractivity contribution in [3.8, 4) is 17.1 Å². The molecular weight excluding hydrogens is 368 g/mol. The van der Waals surface area contributed by atoms with Gasteiger partial charge >= 0.3 is 0 Å². The number of benzene rings is 2. The molecule has 144 valence electrons. The molecule has 2 aromatic carbocycles. The quantitative estimate of drug-likeness (QED) is 0.521. The predicted octanol–water partition coefficient (Wildman–Crippen LogP) is 3.64. The van der Waals surface area contributed by atoms with Crippen molar-refractivity contribution in [1.82, 2.24) is 20.4 Å². The maximum atomic E-state index is 12.5. The number of carbonyl (C=O) groups is 1. The van der Waals surface area contributed by atoms with Crippen molar-refractivity contribution < 1.29 is 14.1 Å². The summed E-state index contributed by atoms with van der Waals surface area (Å²) < 4.78 is 11.0. The van der Waals surface area contributed by atoms with Crippen molar-refractivity contribution in [2.24, 2.45) is 0 Å². The first kappa shape index (κ1) is 18.4. The van der Waals surface area contributed by atoms with Crippen LogP contribution in [0.4, 0.5) is 0 Å². The Labute approximate surface area is 167 Å². The second kappa shape index (κ2) is 8.79. The van der Waals surface area contributed by atoms with Crippen LogP contribution < -0.4 is 10.1 Å². The molecule has 1 N–H and O–H groups in total. The Bertz CT molecular complexity index is 1080. The molecular formula is C22H18N4O3. The zero-order chi connectivity index (χ0) is 19.9. The fourth-order valence-electron chi connectivity index (χ4n) is 2.67. The van der Waals surface area contributed by atoms with Crippen molar-refractivity contribution in [3.05, 3.63) is 96.1 Å². The summed E-state index contributed by atoms with van der Waals surface area (Å²) in [6, 6.07) is 20.4. The number of hydrogen-bond donors (Lipinski definition) is 1. The summed E-state index contributed by atoms with van der Waals surface area (Å²) in [5.41, 5.74) is 2.35. The molecule has 4 rings (SSSR count). The van der Waals surface area contributed by atoms with E-state index < -0.39 is 0 Å². The van der Waals surface area contributed by atoms with Gasteiger partial charge in [-0.25, -0.2) is 0 Å². The van der Waals surface area contributed by atoms with Crippen LogP contribution in [0.15, 0.2) is 83.6 Å². The van der Waals surface area contributed by atoms with Gasteiger partial charge in [0, 0.05) is 23.5 Å². The van der Waals surface area contributed by atoms with Gasteiger partial charge in [-0.05, 0) is 35.9 Å². The number of aromatic nitrogens is 3. The third-order valence-corrected chi connectivity index (χ3v) is 4.15. The Hall–Kier alpha value is -4.00. The Balaban J connectivity index is 1.35. The number of amides is 1. The second-order valence-corrected chi connectivity index (χ2v) is 6.23. The lowest BCUT2D eigenvalue weighted by molar-refractivity contribution is 0.0945. The van der Waals surface area contributed by atoms with Gasteiger partial charge in [-0.3, -0.25) is 9.78 Å². The lowest BCUT2D eigenvalue weighted by Gasteiger charge is -2.08. The molecule has 0 aliphatic heterocycles. The van der Waals surface area contributed by atoms with E-state index in [2.05, 4.69) is 20.4 Å². The monoisotopic (exact) mass is 386 g/mol. The van der Waals surface area contributed by atoms with Gasteiger partial charge in [-0.2, -0.15) is 4.98 Å². The van der Waals surface area contributed by atoms with Crippen LogP contribution in [-0.2, 0) is 13.2 Å². The van der Waals surface area contributed by atoms with Gasteiger partial charge in [0.1, 0.15) is 12.4 Å². The molecule has 7 heteroatoms. The van der Waals surface area contributed by atoms with Crippen LogP contribution in [0.1, 0.15) is 21.8 Å². The first-order chi connectivity index (χ1) is 14.3. The Morgan fingerprint density at radius 2 is 1.83 bits per heavy atom. The van der Waals surface area contributed by atoms with Gasteiger partial charge in [-0.1, -0.05) is 41.6 Å². The summed E-state index contributed by atoms with van der Waals surface area (Å²) in [6.45, 7) is 0.567. The smallest absolute Gasteiger partial charge is 0.251 e. The number of pyridine rings is 1. The predicted molar refractivity (Wildman–Crippen MR) is 106 cm³/mol. The molecule has 2 heterocycles. The molecule has 0 saturated heterocycles. The molecule has 2 aromatic heterocycles. The molecule has 0 unspecified atom stereocenters. The van der Waals surface area contributed by atoms with Crippen molar-refractivity contribution in [3.63, 3.8) is 0 Å². The first-order valence-corrected chi connectivity index (χ1v) is 9.06. The summed E-state index contributed by atoms with van der Waals surface area (Å²) in [5, 5.41) is 6.70. The van der Waals surface area contributed by atoms with Crippen LogP contribution in [0.5, 0.6) is 5.75 Å². The van der Waals surface area contributed by atoms with Crippen molar-refractivity contribution >= 4 is 5.91 Å². The van der Waals surface area contributed by atoms with Gasteiger partial charge in [0.05, 0.1) is 6.54 Å². The van der Waals surface area contributed by atoms with Crippen LogP contribution >= 0.6 is 0 Å². The summed E-state index contributed by atoms with van der Waals surface area (Å²) in [6.07, 6.45) is 3.31. The second-order valence-electron chi connectivity index (χ2n) is 6.23. The minimum absolute atomic E-state index is 0.131. The largest absolute Gasteiger partial charge is 0.489 e. The molecule has 0 aliphatic carbocycles. The molecule has 0 radical (unpaired) electrons. The van der Waals surface area contributed by atoms with E-state index in [1.54, 1.807) is 42.7 Å². The summed E-state index contributed by atoms with van der Waals surface area (Å²) in [5.74, 6) is 1.15. The van der Waals surface area contributed by atoms with E-state index in [-0.39, 0.29) is 12.5 Å². The molecule has 4 aromatic rings. The number of nitrogens with zero attached hydrogens (tertiary/aromatic N) is 3. The normalized spacial score (nSPS) is 10.5. The van der Waals surface area contributed by atoms with Gasteiger partial charge in [0.25, 0.3) is 5.91 Å². The average Bonchev–Trinajstić information content (AvgIpc) is 3.27. The van der Waals surface area contributed by atoms with E-state index in [0.717, 1.165) is 11.1 Å². The SMILES string of the molecule is O=C(NCc1nc(-c2ccncc2)no1)c1cccc(OCc2ccccc2)c1. The van der Waals surface area contributed by atoms with Gasteiger partial charge in [0.15, 0.2) is 0 Å². The Kier molecular flexibility index (Phi) is 5.57. The van der Waals surface area contributed by atoms with E-state index in [1.807, 2.05) is 36.4 Å². The van der Waals surface area contributed by atoms with Crippen molar-refractivity contribution in [2.75, 3.05) is 0 Å². The third-order valence-electron chi connectivity index (χ3n) is 4.15. The van der Waals surface area contributed by atoms with Crippen LogP contribution in [-0.4, -0.2) is 21.0 Å². The minimum atomic E-state index is -0.251. The fraction of sp³-hybridized carbons (Fsp3) is 0.0909. The molecule has 0 saturated carbocycles. The zero-order valence-electron chi connectivity index (χ0n) is 15.5. The van der Waals surface area contributed by atoms with E-state index in [9.17, 15) is 4.79 Å². The molecule has 0 aliphatic rings. The van der Waals surface area contributed by atoms with Gasteiger partial charge < -0.3 is 14.6 Å². The summed E-state index contributed by atoms with van der Waals surface area (Å²) in [7, 11) is 0. The van der Waals surface area contributed by atoms with Crippen LogP contribution in [0.3, 0.4) is 0 Å². The van der Waals surface area contributed by atoms with Gasteiger partial charge in [-0.15, -0.1) is 0 Å². The molecule has 0 bridgehead atoms. The van der Waals surface area contributed by atoms with Crippen molar-refractivity contribution in [1.29, 1.82) is 0 Å². The highest BCUT2D eigenvalue weighted by atomic mass is 16.5. The van der Waals surface area contributed by atoms with Gasteiger partial charge in [0.2, 0.25) is 11.7 Å². The Morgan fingerprint density at radius 3 is 2.66 bits per heavy atom. The highest BCUT2D eigenvalue weighted by Gasteiger charge is 2.11. The van der Waals surface area contributed by atoms with E-state index in [0.29, 0.717) is 29.6 Å². The number of rotatable bonds is 7. The number of carbonyl (C=O) groups excluding carboxylic acids is 1. The van der Waals surface area contributed by atoms with E-state index in [4.69, 9.17) is 9.26 Å². The third kappa shape index (κ3) is 4.84. The highest BCUT2D eigenvalue weighted by molar-refractivity contribution is 5.94. The molecule has 0 atom stereocenters. The van der Waals surface area contributed by atoms with Crippen LogP contribution in [0.2, 0.25) is 0 Å². The fourth-order valence-corrected chi connectivity index (χ4v) is 2.67. The first-order valence-electron chi connectivity index (χ1n) is 9.06. The standard InChI is InChI=1S/C22H18N4O3/c27-22(24-14-20-25-21(26-29-20)17-9-11-23-12-10-17)18-7-4-8-19(13-18)28-15-16-5-2-1-3-6-16/h1-13H,14-15H2,(H,24,27). The highest BCUT2D eigenvalue weighted by Crippen LogP contribution is 2.16. The minimum Gasteiger partial charge on any atom is -0.489 e. The van der Waals surface area contributed by atoms with Crippen LogP contribution in [0.25, 0.3) is 11.4 Å². The maximum Gasteiger partial charge on any atom is 0.251 e. The molecule has 29 heavy (non-hydrogen) atoms. The van der Waals surface area contributed by atoms with Crippen molar-refractivity contribution in [2.45, 2.75) is 13.2 Å². The number of hydrogen-bond acceptors (Lipinski definition) is 6. The lowest BCUT2D eigenvalue weighted by Crippen LogP contribution is -2.22. The summed E-state index contributed by atoms with van der Waals surface area (Å²) >= 11 is 0. The molecule has 0 fully saturated rings. The summed E-state index contributed by atoms with van der Waals surface area (Å²) in [4.78, 5) is 20.7. The molecule has 7 nitrogen and oxygen atoms in total. The van der Waals surface area contributed by atoms with E-state index >= 15 is 0 Å². The molecule has 0 spiro atoms. The molecule has 1 amide bonds. The lowest BCUT2D eigenvalue weighted by atomic mass is 10.2. The number of ether oxygens (including phenoxy) is 1. The number of nitrogens with one attached hydrogen (secondary N) is 1. The zero-order valence-corrected chi connectivity index (χ0v) is 15.5.